The Labute approximate surface area is 169 Å². The summed E-state index contributed by atoms with van der Waals surface area (Å²) in [5, 5.41) is 21.8. The van der Waals surface area contributed by atoms with E-state index in [1.807, 2.05) is 0 Å². The van der Waals surface area contributed by atoms with Gasteiger partial charge in [-0.25, -0.2) is 9.07 Å². The molecule has 2 aromatic heterocycles. The molecule has 12 heteroatoms. The van der Waals surface area contributed by atoms with Crippen molar-refractivity contribution >= 4 is 29.0 Å². The number of carbonyl (C=O) groups excluding carboxylic acids is 1. The van der Waals surface area contributed by atoms with Crippen molar-refractivity contribution in [3.8, 4) is 5.88 Å². The zero-order valence-corrected chi connectivity index (χ0v) is 16.1. The molecule has 0 spiro atoms. The van der Waals surface area contributed by atoms with Gasteiger partial charge in [0, 0.05) is 11.8 Å². The van der Waals surface area contributed by atoms with Gasteiger partial charge in [0.25, 0.3) is 0 Å². The molecule has 10 nitrogen and oxygen atoms in total. The van der Waals surface area contributed by atoms with Crippen molar-refractivity contribution in [2.45, 2.75) is 19.5 Å². The Balaban J connectivity index is 1.74. The van der Waals surface area contributed by atoms with Crippen LogP contribution in [0.25, 0.3) is 0 Å². The summed E-state index contributed by atoms with van der Waals surface area (Å²) >= 11 is 6.12. The second-order valence-electron chi connectivity index (χ2n) is 6.04. The highest BCUT2D eigenvalue weighted by Crippen LogP contribution is 2.27. The quantitative estimate of drug-likeness (QED) is 0.462. The summed E-state index contributed by atoms with van der Waals surface area (Å²) in [5.74, 6) is -1.06. The van der Waals surface area contributed by atoms with E-state index in [9.17, 15) is 19.3 Å². The van der Waals surface area contributed by atoms with Crippen molar-refractivity contribution in [1.29, 1.82) is 0 Å². The molecule has 0 aliphatic carbocycles. The van der Waals surface area contributed by atoms with E-state index in [1.165, 1.54) is 31.0 Å². The number of nitrogens with zero attached hydrogens (tertiary/aromatic N) is 5. The number of halogens is 2. The van der Waals surface area contributed by atoms with Crippen molar-refractivity contribution in [3.63, 3.8) is 0 Å². The first-order chi connectivity index (χ1) is 13.8. The number of hydrogen-bond donors (Lipinski definition) is 1. The molecule has 0 saturated heterocycles. The topological polar surface area (TPSA) is 117 Å². The van der Waals surface area contributed by atoms with Gasteiger partial charge in [-0.1, -0.05) is 29.8 Å². The molecule has 1 atom stereocenters. The summed E-state index contributed by atoms with van der Waals surface area (Å²) < 4.78 is 21.1. The van der Waals surface area contributed by atoms with E-state index in [-0.39, 0.29) is 34.8 Å². The van der Waals surface area contributed by atoms with Crippen LogP contribution < -0.4 is 10.1 Å². The lowest BCUT2D eigenvalue weighted by Crippen LogP contribution is -2.24. The summed E-state index contributed by atoms with van der Waals surface area (Å²) in [4.78, 5) is 22.9. The van der Waals surface area contributed by atoms with Crippen LogP contribution in [0.2, 0.25) is 5.02 Å². The summed E-state index contributed by atoms with van der Waals surface area (Å²) in [6.45, 7) is 1.62. The fourth-order valence-corrected chi connectivity index (χ4v) is 2.74. The summed E-state index contributed by atoms with van der Waals surface area (Å²) in [7, 11) is 1.24. The fourth-order valence-electron chi connectivity index (χ4n) is 2.54. The molecule has 0 saturated carbocycles. The second-order valence-corrected chi connectivity index (χ2v) is 6.45. The van der Waals surface area contributed by atoms with Gasteiger partial charge in [-0.3, -0.25) is 19.6 Å². The molecule has 0 fully saturated rings. The zero-order chi connectivity index (χ0) is 21.1. The molecule has 1 unspecified atom stereocenters. The third kappa shape index (κ3) is 4.35. The fraction of sp³-hybridized carbons (Fsp3) is 0.235. The van der Waals surface area contributed by atoms with E-state index in [4.69, 9.17) is 16.3 Å². The maximum atomic E-state index is 13.8. The third-order valence-electron chi connectivity index (χ3n) is 4.10. The SMILES string of the molecule is COc1nn(C(C)C(=O)Nc2nn(Cc3ccccc3F)cc2Cl)cc1[N+](=O)[O-]. The van der Waals surface area contributed by atoms with Gasteiger partial charge in [0.1, 0.15) is 23.1 Å². The molecule has 152 valence electrons. The minimum atomic E-state index is -0.912. The van der Waals surface area contributed by atoms with Gasteiger partial charge in [-0.15, -0.1) is 5.10 Å². The molecule has 0 aliphatic heterocycles. The first-order valence-corrected chi connectivity index (χ1v) is 8.72. The number of methoxy groups -OCH3 is 1. The van der Waals surface area contributed by atoms with Gasteiger partial charge in [0.05, 0.1) is 18.6 Å². The molecule has 1 amide bonds. The molecule has 0 bridgehead atoms. The molecule has 29 heavy (non-hydrogen) atoms. The largest absolute Gasteiger partial charge is 0.475 e. The third-order valence-corrected chi connectivity index (χ3v) is 4.37. The predicted octanol–water partition coefficient (Wildman–Crippen LogP) is 3.04. The highest BCUT2D eigenvalue weighted by atomic mass is 35.5. The number of anilines is 1. The van der Waals surface area contributed by atoms with Gasteiger partial charge in [0.2, 0.25) is 5.91 Å². The summed E-state index contributed by atoms with van der Waals surface area (Å²) in [5.41, 5.74) is 0.0493. The van der Waals surface area contributed by atoms with E-state index < -0.39 is 16.9 Å². The van der Waals surface area contributed by atoms with Crippen LogP contribution in [-0.2, 0) is 11.3 Å². The van der Waals surface area contributed by atoms with E-state index >= 15 is 0 Å². The number of ether oxygens (including phenoxy) is 1. The van der Waals surface area contributed by atoms with Gasteiger partial charge in [-0.2, -0.15) is 5.10 Å². The van der Waals surface area contributed by atoms with Crippen LogP contribution in [0.4, 0.5) is 15.9 Å². The highest BCUT2D eigenvalue weighted by molar-refractivity contribution is 6.33. The predicted molar refractivity (Wildman–Crippen MR) is 102 cm³/mol. The van der Waals surface area contributed by atoms with Crippen LogP contribution in [0.5, 0.6) is 5.88 Å². The van der Waals surface area contributed by atoms with E-state index in [1.54, 1.807) is 18.2 Å². The summed E-state index contributed by atoms with van der Waals surface area (Å²) in [6.07, 6.45) is 2.55. The Bertz CT molecular complexity index is 1070. The number of amides is 1. The maximum absolute atomic E-state index is 13.8. The van der Waals surface area contributed by atoms with Gasteiger partial charge in [0.15, 0.2) is 5.82 Å². The van der Waals surface area contributed by atoms with Crippen molar-refractivity contribution in [1.82, 2.24) is 19.6 Å². The standard InChI is InChI=1S/C17H16ClFN6O4/c1-10(24-9-14(25(27)28)17(22-24)29-2)16(26)20-15-12(18)8-23(21-15)7-11-5-3-4-6-13(11)19/h3-6,8-10H,7H2,1-2H3,(H,20,21,26). The molecule has 3 rings (SSSR count). The van der Waals surface area contributed by atoms with Crippen molar-refractivity contribution in [2.75, 3.05) is 12.4 Å². The number of nitro groups is 1. The lowest BCUT2D eigenvalue weighted by atomic mass is 10.2. The molecule has 0 radical (unpaired) electrons. The molecule has 3 aromatic rings. The second kappa shape index (κ2) is 8.27. The van der Waals surface area contributed by atoms with Gasteiger partial charge < -0.3 is 10.1 Å². The highest BCUT2D eigenvalue weighted by Gasteiger charge is 2.26. The zero-order valence-electron chi connectivity index (χ0n) is 15.4. The number of benzene rings is 1. The van der Waals surface area contributed by atoms with Crippen LogP contribution >= 0.6 is 11.6 Å². The smallest absolute Gasteiger partial charge is 0.350 e. The van der Waals surface area contributed by atoms with Crippen LogP contribution in [0.3, 0.4) is 0 Å². The Kier molecular flexibility index (Phi) is 5.78. The number of hydrogen-bond acceptors (Lipinski definition) is 6. The average molecular weight is 423 g/mol. The monoisotopic (exact) mass is 422 g/mol. The Hall–Kier alpha value is -3.47. The minimum absolute atomic E-state index is 0.0773. The van der Waals surface area contributed by atoms with Crippen LogP contribution in [0.15, 0.2) is 36.7 Å². The van der Waals surface area contributed by atoms with Crippen molar-refractivity contribution < 1.29 is 18.8 Å². The first-order valence-electron chi connectivity index (χ1n) is 8.35. The lowest BCUT2D eigenvalue weighted by molar-refractivity contribution is -0.385. The lowest BCUT2D eigenvalue weighted by Gasteiger charge is -2.11. The number of rotatable bonds is 7. The molecule has 1 N–H and O–H groups in total. The van der Waals surface area contributed by atoms with Gasteiger partial charge in [-0.05, 0) is 13.0 Å². The van der Waals surface area contributed by atoms with E-state index in [0.29, 0.717) is 5.56 Å². The Morgan fingerprint density at radius 1 is 1.38 bits per heavy atom. The first kappa shape index (κ1) is 20.3. The maximum Gasteiger partial charge on any atom is 0.350 e. The summed E-state index contributed by atoms with van der Waals surface area (Å²) in [6, 6.07) is 5.32. The molecule has 1 aromatic carbocycles. The molecule has 0 aliphatic rings. The Morgan fingerprint density at radius 2 is 2.10 bits per heavy atom. The van der Waals surface area contributed by atoms with Crippen LogP contribution in [0, 0.1) is 15.9 Å². The molecular formula is C17H16ClFN6O4. The average Bonchev–Trinajstić information content (AvgIpc) is 3.26. The van der Waals surface area contributed by atoms with E-state index in [2.05, 4.69) is 15.5 Å². The minimum Gasteiger partial charge on any atom is -0.475 e. The number of aromatic nitrogens is 4. The van der Waals surface area contributed by atoms with E-state index in [0.717, 1.165) is 10.9 Å². The normalized spacial score (nSPS) is 11.9. The van der Waals surface area contributed by atoms with Crippen molar-refractivity contribution in [3.05, 3.63) is 63.2 Å². The number of nitrogens with one attached hydrogen (secondary N) is 1. The van der Waals surface area contributed by atoms with Crippen LogP contribution in [0.1, 0.15) is 18.5 Å². The number of carbonyl (C=O) groups is 1. The van der Waals surface area contributed by atoms with Crippen LogP contribution in [-0.4, -0.2) is 37.5 Å². The van der Waals surface area contributed by atoms with Gasteiger partial charge >= 0.3 is 11.6 Å². The van der Waals surface area contributed by atoms with Crippen molar-refractivity contribution in [2.24, 2.45) is 0 Å². The Morgan fingerprint density at radius 3 is 2.72 bits per heavy atom. The molecular weight excluding hydrogens is 407 g/mol. The molecule has 2 heterocycles.